The van der Waals surface area contributed by atoms with Gasteiger partial charge in [0.1, 0.15) is 19.0 Å². The van der Waals surface area contributed by atoms with Crippen LogP contribution in [0.25, 0.3) is 11.1 Å². The monoisotopic (exact) mass is 303 g/mol. The van der Waals surface area contributed by atoms with Gasteiger partial charge in [-0.25, -0.2) is 4.39 Å². The van der Waals surface area contributed by atoms with Crippen LogP contribution in [-0.4, -0.2) is 24.0 Å². The Morgan fingerprint density at radius 1 is 1.40 bits per heavy atom. The Kier molecular flexibility index (Phi) is 5.34. The molecule has 0 radical (unpaired) electrons. The third-order valence-electron chi connectivity index (χ3n) is 2.34. The van der Waals surface area contributed by atoms with Crippen molar-refractivity contribution >= 4 is 22.9 Å². The van der Waals surface area contributed by atoms with Crippen molar-refractivity contribution in [3.05, 3.63) is 30.4 Å². The smallest absolute Gasteiger partial charge is 0.266 e. The van der Waals surface area contributed by atoms with Gasteiger partial charge in [-0.05, 0) is 24.6 Å². The molecule has 3 nitrogen and oxygen atoms in total. The number of halogens is 3. The highest BCUT2D eigenvalue weighted by atomic mass is 32.2. The molecule has 0 aliphatic rings. The van der Waals surface area contributed by atoms with Gasteiger partial charge in [0.15, 0.2) is 11.1 Å². The summed E-state index contributed by atoms with van der Waals surface area (Å²) in [7, 11) is 0. The van der Waals surface area contributed by atoms with E-state index in [9.17, 15) is 13.2 Å². The van der Waals surface area contributed by atoms with E-state index >= 15 is 0 Å². The van der Waals surface area contributed by atoms with Gasteiger partial charge in [0.05, 0.1) is 0 Å². The molecule has 2 rings (SSSR count). The number of alkyl halides is 1. The molecule has 108 valence electrons. The summed E-state index contributed by atoms with van der Waals surface area (Å²) >= 11 is 1.24. The maximum Gasteiger partial charge on any atom is 0.266 e. The van der Waals surface area contributed by atoms with E-state index in [0.717, 1.165) is 6.08 Å². The Hall–Kier alpha value is -1.63. The molecule has 0 spiro atoms. The number of thioether (sulfide) groups is 1. The highest BCUT2D eigenvalue weighted by Crippen LogP contribution is 2.30. The molecule has 0 aliphatic heterocycles. The molecule has 0 saturated heterocycles. The van der Waals surface area contributed by atoms with Gasteiger partial charge in [-0.2, -0.15) is 13.8 Å². The van der Waals surface area contributed by atoms with Crippen LogP contribution in [0.15, 0.2) is 40.0 Å². The number of aromatic nitrogens is 1. The zero-order chi connectivity index (χ0) is 14.4. The van der Waals surface area contributed by atoms with E-state index in [0.29, 0.717) is 27.8 Å². The first-order chi connectivity index (χ1) is 9.70. The molecule has 0 aliphatic carbocycles. The van der Waals surface area contributed by atoms with Gasteiger partial charge in [0.2, 0.25) is 0 Å². The first-order valence-electron chi connectivity index (χ1n) is 5.93. The summed E-state index contributed by atoms with van der Waals surface area (Å²) in [6.45, 7) is -0.633. The van der Waals surface area contributed by atoms with Crippen LogP contribution in [0.5, 0.6) is 5.75 Å². The predicted octanol–water partition coefficient (Wildman–Crippen LogP) is 4.44. The highest BCUT2D eigenvalue weighted by Gasteiger charge is 2.11. The third kappa shape index (κ3) is 3.93. The summed E-state index contributed by atoms with van der Waals surface area (Å²) in [6.07, 6.45) is -0.604. The van der Waals surface area contributed by atoms with Crippen LogP contribution in [0.4, 0.5) is 13.2 Å². The van der Waals surface area contributed by atoms with Crippen LogP contribution in [-0.2, 0) is 0 Å². The summed E-state index contributed by atoms with van der Waals surface area (Å²) in [5.41, 5.74) is 1.03. The van der Waals surface area contributed by atoms with Crippen molar-refractivity contribution in [1.82, 2.24) is 4.98 Å². The van der Waals surface area contributed by atoms with E-state index < -0.39 is 12.8 Å². The van der Waals surface area contributed by atoms with E-state index in [2.05, 4.69) is 4.98 Å². The largest absolute Gasteiger partial charge is 0.488 e. The second-order valence-electron chi connectivity index (χ2n) is 3.75. The summed E-state index contributed by atoms with van der Waals surface area (Å²) in [6, 6.07) is 5.11. The molecule has 0 N–H and O–H groups in total. The fourth-order valence-corrected chi connectivity index (χ4v) is 2.26. The number of oxazole rings is 1. The van der Waals surface area contributed by atoms with Gasteiger partial charge >= 0.3 is 0 Å². The summed E-state index contributed by atoms with van der Waals surface area (Å²) in [5, 5.41) is 0.379. The molecule has 0 atom stereocenters. The van der Waals surface area contributed by atoms with Crippen molar-refractivity contribution in [2.24, 2.45) is 0 Å². The maximum atomic E-state index is 12.1. The summed E-state index contributed by atoms with van der Waals surface area (Å²) in [5.74, 6) is 0.885. The van der Waals surface area contributed by atoms with Crippen molar-refractivity contribution in [3.8, 4) is 5.75 Å². The van der Waals surface area contributed by atoms with Gasteiger partial charge in [-0.3, -0.25) is 0 Å². The second kappa shape index (κ2) is 7.23. The molecule has 7 heteroatoms. The van der Waals surface area contributed by atoms with Gasteiger partial charge < -0.3 is 9.15 Å². The van der Waals surface area contributed by atoms with Crippen LogP contribution < -0.4 is 4.74 Å². The first kappa shape index (κ1) is 14.8. The number of ether oxygens (including phenoxy) is 1. The molecule has 2 aromatic rings. The van der Waals surface area contributed by atoms with Crippen LogP contribution in [0, 0.1) is 0 Å². The summed E-state index contributed by atoms with van der Waals surface area (Å²) in [4.78, 5) is 4.22. The minimum atomic E-state index is -1.69. The number of hydrogen-bond donors (Lipinski definition) is 0. The van der Waals surface area contributed by atoms with Crippen molar-refractivity contribution in [3.63, 3.8) is 0 Å². The van der Waals surface area contributed by atoms with Crippen LogP contribution in [0.2, 0.25) is 0 Å². The molecule has 20 heavy (non-hydrogen) atoms. The van der Waals surface area contributed by atoms with Gasteiger partial charge in [-0.15, -0.1) is 0 Å². The lowest BCUT2D eigenvalue weighted by Gasteiger charge is -2.02. The lowest BCUT2D eigenvalue weighted by molar-refractivity contribution is 0.275. The zero-order valence-electron chi connectivity index (χ0n) is 10.4. The Bertz CT molecular complexity index is 596. The Labute approximate surface area is 117 Å². The van der Waals surface area contributed by atoms with E-state index in [1.165, 1.54) is 11.8 Å². The summed E-state index contributed by atoms with van der Waals surface area (Å²) < 4.78 is 46.5. The van der Waals surface area contributed by atoms with Crippen LogP contribution in [0.1, 0.15) is 6.42 Å². The molecule has 0 amide bonds. The molecule has 0 saturated carbocycles. The van der Waals surface area contributed by atoms with E-state index in [-0.39, 0.29) is 13.0 Å². The zero-order valence-corrected chi connectivity index (χ0v) is 11.3. The molecule has 1 heterocycles. The number of fused-ring (bicyclic) bond motifs is 1. The maximum absolute atomic E-state index is 12.1. The average molecular weight is 303 g/mol. The first-order valence-corrected chi connectivity index (χ1v) is 6.91. The molecule has 1 aromatic heterocycles. The lowest BCUT2D eigenvalue weighted by atomic mass is 10.3. The van der Waals surface area contributed by atoms with E-state index in [1.54, 1.807) is 18.2 Å². The average Bonchev–Trinajstić information content (AvgIpc) is 2.84. The van der Waals surface area contributed by atoms with Gasteiger partial charge in [-0.1, -0.05) is 17.8 Å². The number of nitrogens with zero attached hydrogens (tertiary/aromatic N) is 1. The fourth-order valence-electron chi connectivity index (χ4n) is 1.54. The van der Waals surface area contributed by atoms with Crippen molar-refractivity contribution in [1.29, 1.82) is 0 Å². The molecular formula is C13H12F3NO2S. The quantitative estimate of drug-likeness (QED) is 0.559. The van der Waals surface area contributed by atoms with Crippen molar-refractivity contribution in [2.75, 3.05) is 19.0 Å². The predicted molar refractivity (Wildman–Crippen MR) is 71.1 cm³/mol. The van der Waals surface area contributed by atoms with Crippen molar-refractivity contribution < 1.29 is 22.3 Å². The molecule has 0 bridgehead atoms. The normalized spacial score (nSPS) is 10.8. The Morgan fingerprint density at radius 3 is 3.00 bits per heavy atom. The van der Waals surface area contributed by atoms with Gasteiger partial charge in [0, 0.05) is 5.75 Å². The van der Waals surface area contributed by atoms with Gasteiger partial charge in [0.25, 0.3) is 11.3 Å². The Balaban J connectivity index is 2.06. The molecule has 1 aromatic carbocycles. The number of allylic oxidation sites excluding steroid dienone is 1. The number of para-hydroxylation sites is 1. The molecule has 0 fully saturated rings. The topological polar surface area (TPSA) is 35.3 Å². The fraction of sp³-hybridized carbons (Fsp3) is 0.308. The van der Waals surface area contributed by atoms with Crippen LogP contribution in [0.3, 0.4) is 0 Å². The number of benzene rings is 1. The van der Waals surface area contributed by atoms with Crippen LogP contribution >= 0.6 is 11.8 Å². The van der Waals surface area contributed by atoms with Crippen molar-refractivity contribution in [2.45, 2.75) is 11.6 Å². The lowest BCUT2D eigenvalue weighted by Crippen LogP contribution is -1.98. The number of rotatable bonds is 7. The highest BCUT2D eigenvalue weighted by molar-refractivity contribution is 7.99. The third-order valence-corrected chi connectivity index (χ3v) is 3.20. The second-order valence-corrected chi connectivity index (χ2v) is 4.80. The minimum absolute atomic E-state index is 0.0466. The van der Waals surface area contributed by atoms with E-state index in [1.807, 2.05) is 0 Å². The molecule has 0 unspecified atom stereocenters. The number of hydrogen-bond acceptors (Lipinski definition) is 4. The standard InChI is InChI=1S/C13H12F3NO2S/c14-6-7-18-9-3-1-4-10-12(9)17-13(19-10)20-8-2-5-11(15)16/h1,3-5H,2,6-8H2. The SMILES string of the molecule is FCCOc1cccc2oc(SCCC=C(F)F)nc12. The minimum Gasteiger partial charge on any atom is -0.488 e. The molecular weight excluding hydrogens is 291 g/mol. The Morgan fingerprint density at radius 2 is 2.25 bits per heavy atom. The van der Waals surface area contributed by atoms with E-state index in [4.69, 9.17) is 9.15 Å².